The third-order valence-corrected chi connectivity index (χ3v) is 5.36. The van der Waals surface area contributed by atoms with Gasteiger partial charge in [0.05, 0.1) is 32.9 Å². The van der Waals surface area contributed by atoms with Gasteiger partial charge < -0.3 is 29.0 Å². The zero-order chi connectivity index (χ0) is 23.3. The van der Waals surface area contributed by atoms with Gasteiger partial charge in [0.25, 0.3) is 11.7 Å². The van der Waals surface area contributed by atoms with E-state index in [1.807, 2.05) is 0 Å². The van der Waals surface area contributed by atoms with Crippen LogP contribution in [0.2, 0.25) is 0 Å². The van der Waals surface area contributed by atoms with Crippen LogP contribution < -0.4 is 14.2 Å². The number of methoxy groups -OCH3 is 4. The van der Waals surface area contributed by atoms with Crippen molar-refractivity contribution < 1.29 is 33.6 Å². The molecule has 1 fully saturated rings. The van der Waals surface area contributed by atoms with Crippen LogP contribution in [0.4, 0.5) is 0 Å². The van der Waals surface area contributed by atoms with Crippen LogP contribution in [0.3, 0.4) is 0 Å². The fraction of sp³-hybridized carbons (Fsp3) is 0.333. The molecule has 1 amide bonds. The molecule has 0 saturated carbocycles. The van der Waals surface area contributed by atoms with Crippen molar-refractivity contribution in [2.45, 2.75) is 12.5 Å². The summed E-state index contributed by atoms with van der Waals surface area (Å²) in [5, 5.41) is 11.3. The lowest BCUT2D eigenvalue weighted by molar-refractivity contribution is -0.140. The van der Waals surface area contributed by atoms with Gasteiger partial charge in [-0.3, -0.25) is 9.59 Å². The molecule has 8 nitrogen and oxygen atoms in total. The highest BCUT2D eigenvalue weighted by molar-refractivity contribution is 6.46. The van der Waals surface area contributed by atoms with E-state index in [-0.39, 0.29) is 23.4 Å². The molecular formula is C24H27NO7. The Morgan fingerprint density at radius 2 is 1.62 bits per heavy atom. The van der Waals surface area contributed by atoms with Gasteiger partial charge in [-0.1, -0.05) is 18.2 Å². The Hall–Kier alpha value is -3.52. The predicted octanol–water partition coefficient (Wildman–Crippen LogP) is 3.17. The summed E-state index contributed by atoms with van der Waals surface area (Å²) in [7, 11) is 6.01. The second-order valence-electron chi connectivity index (χ2n) is 7.15. The predicted molar refractivity (Wildman–Crippen MR) is 118 cm³/mol. The number of likely N-dealkylation sites (tertiary alicyclic amines) is 1. The summed E-state index contributed by atoms with van der Waals surface area (Å²) in [4.78, 5) is 27.6. The van der Waals surface area contributed by atoms with Gasteiger partial charge in [0.1, 0.15) is 28.6 Å². The molecule has 1 N–H and O–H groups in total. The summed E-state index contributed by atoms with van der Waals surface area (Å²) in [5.74, 6) is -0.627. The highest BCUT2D eigenvalue weighted by Crippen LogP contribution is 2.43. The summed E-state index contributed by atoms with van der Waals surface area (Å²) in [6.45, 7) is 0.703. The van der Waals surface area contributed by atoms with Crippen LogP contribution in [0.25, 0.3) is 5.76 Å². The maximum atomic E-state index is 13.1. The van der Waals surface area contributed by atoms with Gasteiger partial charge in [-0.25, -0.2) is 0 Å². The number of hydrogen-bond donors (Lipinski definition) is 1. The van der Waals surface area contributed by atoms with E-state index in [0.717, 1.165) is 0 Å². The van der Waals surface area contributed by atoms with Crippen LogP contribution in [-0.2, 0) is 14.3 Å². The number of aliphatic hydroxyl groups excluding tert-OH is 1. The van der Waals surface area contributed by atoms with Gasteiger partial charge in [-0.05, 0) is 36.2 Å². The minimum absolute atomic E-state index is 0.0385. The van der Waals surface area contributed by atoms with E-state index < -0.39 is 17.7 Å². The molecule has 3 rings (SSSR count). The molecule has 0 spiro atoms. The zero-order valence-corrected chi connectivity index (χ0v) is 18.6. The van der Waals surface area contributed by atoms with Gasteiger partial charge >= 0.3 is 0 Å². The molecule has 8 heteroatoms. The van der Waals surface area contributed by atoms with Crippen LogP contribution in [-0.4, -0.2) is 63.3 Å². The Morgan fingerprint density at radius 3 is 2.22 bits per heavy atom. The average Bonchev–Trinajstić information content (AvgIpc) is 3.08. The first kappa shape index (κ1) is 23.1. The van der Waals surface area contributed by atoms with Crippen LogP contribution in [0, 0.1) is 0 Å². The molecule has 32 heavy (non-hydrogen) atoms. The van der Waals surface area contributed by atoms with Crippen molar-refractivity contribution in [3.63, 3.8) is 0 Å². The summed E-state index contributed by atoms with van der Waals surface area (Å²) < 4.78 is 21.2. The van der Waals surface area contributed by atoms with Gasteiger partial charge in [0.15, 0.2) is 0 Å². The monoisotopic (exact) mass is 441 g/mol. The number of ether oxygens (including phenoxy) is 4. The molecule has 1 unspecified atom stereocenters. The first-order valence-electron chi connectivity index (χ1n) is 10.1. The van der Waals surface area contributed by atoms with Gasteiger partial charge in [-0.2, -0.15) is 0 Å². The van der Waals surface area contributed by atoms with E-state index in [1.165, 1.54) is 26.2 Å². The van der Waals surface area contributed by atoms with Crippen molar-refractivity contribution in [3.05, 3.63) is 59.2 Å². The molecule has 1 aliphatic rings. The van der Waals surface area contributed by atoms with Crippen LogP contribution in [0.5, 0.6) is 17.2 Å². The van der Waals surface area contributed by atoms with Gasteiger partial charge in [-0.15, -0.1) is 0 Å². The highest BCUT2D eigenvalue weighted by atomic mass is 16.5. The number of Topliss-reactive ketones (excluding diaryl/α,β-unsaturated/α-hetero) is 1. The number of ketones is 1. The molecule has 0 aromatic heterocycles. The number of benzene rings is 2. The van der Waals surface area contributed by atoms with Crippen molar-refractivity contribution in [2.24, 2.45) is 0 Å². The van der Waals surface area contributed by atoms with E-state index in [9.17, 15) is 14.7 Å². The second kappa shape index (κ2) is 10.2. The lowest BCUT2D eigenvalue weighted by Crippen LogP contribution is -2.31. The third kappa shape index (κ3) is 4.27. The Morgan fingerprint density at radius 1 is 0.969 bits per heavy atom. The summed E-state index contributed by atoms with van der Waals surface area (Å²) >= 11 is 0. The van der Waals surface area contributed by atoms with Crippen LogP contribution in [0.1, 0.15) is 23.6 Å². The smallest absolute Gasteiger partial charge is 0.295 e. The summed E-state index contributed by atoms with van der Waals surface area (Å²) in [5.41, 5.74) is 0.806. The molecule has 1 heterocycles. The van der Waals surface area contributed by atoms with Gasteiger partial charge in [0.2, 0.25) is 0 Å². The van der Waals surface area contributed by atoms with Crippen molar-refractivity contribution in [3.8, 4) is 17.2 Å². The SMILES string of the molecule is COCCCN1C(=O)C(=O)/C(=C(/O)c2c(OC)cccc2OC)C1c1cccc(OC)c1. The summed E-state index contributed by atoms with van der Waals surface area (Å²) in [6, 6.07) is 11.3. The average molecular weight is 441 g/mol. The topological polar surface area (TPSA) is 94.5 Å². The molecule has 1 aliphatic heterocycles. The molecule has 170 valence electrons. The number of nitrogens with zero attached hydrogens (tertiary/aromatic N) is 1. The maximum absolute atomic E-state index is 13.1. The van der Waals surface area contributed by atoms with Gasteiger partial charge in [0, 0.05) is 20.3 Å². The normalized spacial score (nSPS) is 17.5. The Labute approximate surface area is 187 Å². The molecule has 2 aromatic rings. The fourth-order valence-electron chi connectivity index (χ4n) is 3.87. The Bertz CT molecular complexity index is 1010. The molecule has 1 atom stereocenters. The van der Waals surface area contributed by atoms with E-state index in [1.54, 1.807) is 49.6 Å². The van der Waals surface area contributed by atoms with E-state index >= 15 is 0 Å². The number of amides is 1. The van der Waals surface area contributed by atoms with Crippen molar-refractivity contribution >= 4 is 17.4 Å². The molecule has 0 radical (unpaired) electrons. The molecular weight excluding hydrogens is 414 g/mol. The standard InChI is InChI=1S/C24H27NO7/c1-29-13-7-12-25-21(15-8-5-9-16(14-15)30-2)20(23(27)24(25)28)22(26)19-17(31-3)10-6-11-18(19)32-4/h5-6,8-11,14,21,26H,7,12-13H2,1-4H3/b22-20+. The van der Waals surface area contributed by atoms with E-state index in [2.05, 4.69) is 0 Å². The zero-order valence-electron chi connectivity index (χ0n) is 18.6. The fourth-order valence-corrected chi connectivity index (χ4v) is 3.87. The minimum atomic E-state index is -0.809. The number of aliphatic hydroxyl groups is 1. The Kier molecular flexibility index (Phi) is 7.37. The lowest BCUT2D eigenvalue weighted by Gasteiger charge is -2.26. The lowest BCUT2D eigenvalue weighted by atomic mass is 9.94. The summed E-state index contributed by atoms with van der Waals surface area (Å²) in [6.07, 6.45) is 0.530. The second-order valence-corrected chi connectivity index (χ2v) is 7.15. The van der Waals surface area contributed by atoms with Crippen molar-refractivity contribution in [1.82, 2.24) is 4.90 Å². The molecule has 0 aliphatic carbocycles. The van der Waals surface area contributed by atoms with Crippen LogP contribution >= 0.6 is 0 Å². The molecule has 2 aromatic carbocycles. The quantitative estimate of drug-likeness (QED) is 0.276. The number of hydrogen-bond acceptors (Lipinski definition) is 7. The maximum Gasteiger partial charge on any atom is 0.295 e. The molecule has 1 saturated heterocycles. The number of carbonyl (C=O) groups is 2. The highest BCUT2D eigenvalue weighted by Gasteiger charge is 2.46. The largest absolute Gasteiger partial charge is 0.506 e. The van der Waals surface area contributed by atoms with Crippen molar-refractivity contribution in [1.29, 1.82) is 0 Å². The third-order valence-electron chi connectivity index (χ3n) is 5.36. The van der Waals surface area contributed by atoms with E-state index in [4.69, 9.17) is 18.9 Å². The van der Waals surface area contributed by atoms with E-state index in [0.29, 0.717) is 35.8 Å². The van der Waals surface area contributed by atoms with Crippen LogP contribution in [0.15, 0.2) is 48.0 Å². The number of rotatable bonds is 9. The molecule has 0 bridgehead atoms. The first-order chi connectivity index (χ1) is 15.5. The number of carbonyl (C=O) groups excluding carboxylic acids is 2. The van der Waals surface area contributed by atoms with Crippen molar-refractivity contribution in [2.75, 3.05) is 41.6 Å². The first-order valence-corrected chi connectivity index (χ1v) is 10.1. The minimum Gasteiger partial charge on any atom is -0.506 e. The Balaban J connectivity index is 2.23.